The highest BCUT2D eigenvalue weighted by molar-refractivity contribution is 7.92. The zero-order chi connectivity index (χ0) is 25.8. The normalized spacial score (nSPS) is 18.0. The number of para-hydroxylation sites is 1. The topological polar surface area (TPSA) is 70.2 Å². The lowest BCUT2D eigenvalue weighted by atomic mass is 9.74. The number of sulfonamides is 1. The van der Waals surface area contributed by atoms with E-state index in [9.17, 15) is 13.2 Å². The summed E-state index contributed by atoms with van der Waals surface area (Å²) in [7, 11) is -1.35. The molecule has 0 aliphatic carbocycles. The van der Waals surface area contributed by atoms with Crippen LogP contribution in [0.3, 0.4) is 0 Å². The van der Waals surface area contributed by atoms with E-state index in [1.165, 1.54) is 6.26 Å². The minimum atomic E-state index is -3.36. The number of likely N-dealkylation sites (N-methyl/N-ethyl adjacent to an activating group) is 1. The van der Waals surface area contributed by atoms with Crippen molar-refractivity contribution in [3.8, 4) is 0 Å². The molecule has 7 nitrogen and oxygen atoms in total. The number of hydrogen-bond donors (Lipinski definition) is 0. The predicted octanol–water partition coefficient (Wildman–Crippen LogP) is 3.64. The van der Waals surface area contributed by atoms with Crippen LogP contribution in [0, 0.1) is 0 Å². The van der Waals surface area contributed by atoms with E-state index in [0.717, 1.165) is 49.0 Å². The van der Waals surface area contributed by atoms with E-state index in [0.29, 0.717) is 32.8 Å². The molecule has 2 aromatic rings. The van der Waals surface area contributed by atoms with Crippen LogP contribution >= 0.6 is 0 Å². The molecule has 2 aliphatic rings. The Kier molecular flexibility index (Phi) is 8.37. The van der Waals surface area contributed by atoms with Gasteiger partial charge in [0, 0.05) is 25.0 Å². The summed E-state index contributed by atoms with van der Waals surface area (Å²) in [5, 5.41) is 0. The number of nitrogens with zero attached hydrogens (tertiary/aromatic N) is 3. The Balaban J connectivity index is 1.44. The number of fused-ring (bicyclic) bond motifs is 2. The minimum absolute atomic E-state index is 0.0998. The van der Waals surface area contributed by atoms with E-state index < -0.39 is 10.0 Å². The van der Waals surface area contributed by atoms with Crippen LogP contribution < -0.4 is 4.31 Å². The molecular weight excluding hydrogens is 474 g/mol. The van der Waals surface area contributed by atoms with Crippen molar-refractivity contribution >= 4 is 21.6 Å². The standard InChI is InChI=1S/C28H39N3O4S/c1-4-5-17-29(2)26(21-35-20-23-11-7-6-8-12-23)27(32)30-18-15-28(16-19-30)22-31(36(3,33)34)25-14-10-9-13-24(25)28/h6-14,26H,4-5,15-22H2,1-3H3/t26-/m1/s1. The summed E-state index contributed by atoms with van der Waals surface area (Å²) in [4.78, 5) is 17.8. The Labute approximate surface area is 216 Å². The summed E-state index contributed by atoms with van der Waals surface area (Å²) in [6, 6.07) is 17.5. The van der Waals surface area contributed by atoms with E-state index in [1.54, 1.807) is 4.31 Å². The van der Waals surface area contributed by atoms with Gasteiger partial charge in [0.15, 0.2) is 0 Å². The van der Waals surface area contributed by atoms with Crippen molar-refractivity contribution < 1.29 is 17.9 Å². The second-order valence-corrected chi connectivity index (χ2v) is 12.1. The van der Waals surface area contributed by atoms with Gasteiger partial charge in [-0.15, -0.1) is 0 Å². The molecule has 1 amide bonds. The van der Waals surface area contributed by atoms with E-state index in [-0.39, 0.29) is 17.4 Å². The highest BCUT2D eigenvalue weighted by atomic mass is 32.2. The van der Waals surface area contributed by atoms with Crippen molar-refractivity contribution in [3.05, 3.63) is 65.7 Å². The van der Waals surface area contributed by atoms with Gasteiger partial charge in [0.25, 0.3) is 0 Å². The summed E-state index contributed by atoms with van der Waals surface area (Å²) in [6.07, 6.45) is 4.86. The highest BCUT2D eigenvalue weighted by Gasteiger charge is 2.47. The number of benzene rings is 2. The van der Waals surface area contributed by atoms with Gasteiger partial charge in [0.05, 0.1) is 25.2 Å². The smallest absolute Gasteiger partial charge is 0.242 e. The van der Waals surface area contributed by atoms with Gasteiger partial charge in [-0.25, -0.2) is 8.42 Å². The maximum atomic E-state index is 13.7. The molecule has 1 saturated heterocycles. The fraction of sp³-hybridized carbons (Fsp3) is 0.536. The minimum Gasteiger partial charge on any atom is -0.375 e. The second-order valence-electron chi connectivity index (χ2n) is 10.2. The second kappa shape index (κ2) is 11.3. The fourth-order valence-electron chi connectivity index (χ4n) is 5.49. The number of ether oxygens (including phenoxy) is 1. The summed E-state index contributed by atoms with van der Waals surface area (Å²) >= 11 is 0. The zero-order valence-electron chi connectivity index (χ0n) is 21.7. The van der Waals surface area contributed by atoms with Crippen LogP contribution in [0.5, 0.6) is 0 Å². The first-order valence-electron chi connectivity index (χ1n) is 12.9. The Morgan fingerprint density at radius 1 is 1.08 bits per heavy atom. The molecule has 196 valence electrons. The molecule has 0 bridgehead atoms. The highest BCUT2D eigenvalue weighted by Crippen LogP contribution is 2.47. The molecule has 36 heavy (non-hydrogen) atoms. The molecule has 4 rings (SSSR count). The van der Waals surface area contributed by atoms with Crippen LogP contribution in [0.1, 0.15) is 43.7 Å². The number of amides is 1. The van der Waals surface area contributed by atoms with Gasteiger partial charge in [-0.05, 0) is 50.0 Å². The molecule has 0 saturated carbocycles. The first-order valence-corrected chi connectivity index (χ1v) is 14.8. The first-order chi connectivity index (χ1) is 17.2. The van der Waals surface area contributed by atoms with Gasteiger partial charge in [-0.3, -0.25) is 14.0 Å². The Hall–Kier alpha value is -2.42. The summed E-state index contributed by atoms with van der Waals surface area (Å²) in [5.74, 6) is 0.0998. The van der Waals surface area contributed by atoms with Crippen LogP contribution in [0.4, 0.5) is 5.69 Å². The molecule has 2 aliphatic heterocycles. The van der Waals surface area contributed by atoms with Gasteiger partial charge >= 0.3 is 0 Å². The summed E-state index contributed by atoms with van der Waals surface area (Å²) in [5.41, 5.74) is 2.72. The molecule has 0 radical (unpaired) electrons. The maximum absolute atomic E-state index is 13.7. The van der Waals surface area contributed by atoms with Crippen LogP contribution in [0.15, 0.2) is 54.6 Å². The third kappa shape index (κ3) is 5.76. The fourth-order valence-corrected chi connectivity index (χ4v) is 6.49. The molecule has 0 unspecified atom stereocenters. The summed E-state index contributed by atoms with van der Waals surface area (Å²) < 4.78 is 32.5. The Bertz CT molecular complexity index is 1130. The lowest BCUT2D eigenvalue weighted by Gasteiger charge is -2.41. The molecule has 2 heterocycles. The van der Waals surface area contributed by atoms with E-state index >= 15 is 0 Å². The molecule has 2 aromatic carbocycles. The zero-order valence-corrected chi connectivity index (χ0v) is 22.5. The van der Waals surface area contributed by atoms with E-state index in [4.69, 9.17) is 4.74 Å². The van der Waals surface area contributed by atoms with Crippen LogP contribution in [0.25, 0.3) is 0 Å². The van der Waals surface area contributed by atoms with E-state index in [1.807, 2.05) is 60.5 Å². The average molecular weight is 514 g/mol. The average Bonchev–Trinajstić information content (AvgIpc) is 3.20. The van der Waals surface area contributed by atoms with Gasteiger partial charge in [-0.1, -0.05) is 61.9 Å². The van der Waals surface area contributed by atoms with Gasteiger partial charge in [0.1, 0.15) is 6.04 Å². The SMILES string of the molecule is CCCCN(C)[C@H](COCc1ccccc1)C(=O)N1CCC2(CC1)CN(S(C)(=O)=O)c1ccccc12. The maximum Gasteiger partial charge on any atom is 0.242 e. The molecule has 0 aromatic heterocycles. The van der Waals surface area contributed by atoms with Crippen LogP contribution in [0.2, 0.25) is 0 Å². The first kappa shape index (κ1) is 26.6. The van der Waals surface area contributed by atoms with Crippen molar-refractivity contribution in [3.63, 3.8) is 0 Å². The Morgan fingerprint density at radius 2 is 1.75 bits per heavy atom. The molecule has 1 fully saturated rings. The molecule has 1 spiro atoms. The number of rotatable bonds is 10. The van der Waals surface area contributed by atoms with Gasteiger partial charge in [0.2, 0.25) is 15.9 Å². The number of anilines is 1. The van der Waals surface area contributed by atoms with Crippen molar-refractivity contribution in [2.45, 2.75) is 50.7 Å². The predicted molar refractivity (Wildman–Crippen MR) is 144 cm³/mol. The lowest BCUT2D eigenvalue weighted by Crippen LogP contribution is -2.54. The van der Waals surface area contributed by atoms with Crippen molar-refractivity contribution in [1.82, 2.24) is 9.80 Å². The largest absolute Gasteiger partial charge is 0.375 e. The third-order valence-corrected chi connectivity index (χ3v) is 8.82. The van der Waals surface area contributed by atoms with Gasteiger partial charge < -0.3 is 9.64 Å². The number of likely N-dealkylation sites (tertiary alicyclic amines) is 1. The van der Waals surface area contributed by atoms with Crippen molar-refractivity contribution in [2.75, 3.05) is 50.4 Å². The monoisotopic (exact) mass is 513 g/mol. The van der Waals surface area contributed by atoms with E-state index in [2.05, 4.69) is 17.9 Å². The lowest BCUT2D eigenvalue weighted by molar-refractivity contribution is -0.140. The van der Waals surface area contributed by atoms with Crippen LogP contribution in [-0.2, 0) is 31.6 Å². The number of carbonyl (C=O) groups is 1. The Morgan fingerprint density at radius 3 is 2.42 bits per heavy atom. The molecular formula is C28H39N3O4S. The quantitative estimate of drug-likeness (QED) is 0.485. The van der Waals surface area contributed by atoms with Crippen molar-refractivity contribution in [2.24, 2.45) is 0 Å². The molecule has 8 heteroatoms. The number of piperidine rings is 1. The third-order valence-electron chi connectivity index (χ3n) is 7.69. The summed E-state index contributed by atoms with van der Waals surface area (Å²) in [6.45, 7) is 5.50. The van der Waals surface area contributed by atoms with Crippen molar-refractivity contribution in [1.29, 1.82) is 0 Å². The number of hydrogen-bond acceptors (Lipinski definition) is 5. The van der Waals surface area contributed by atoms with Gasteiger partial charge in [-0.2, -0.15) is 0 Å². The number of unbranched alkanes of at least 4 members (excludes halogenated alkanes) is 1. The molecule has 1 atom stereocenters. The molecule has 0 N–H and O–H groups in total. The van der Waals surface area contributed by atoms with Crippen LogP contribution in [-0.4, -0.2) is 76.3 Å². The number of carbonyl (C=O) groups excluding carboxylic acids is 1.